The van der Waals surface area contributed by atoms with E-state index in [0.717, 1.165) is 0 Å². The van der Waals surface area contributed by atoms with E-state index in [2.05, 4.69) is 30.7 Å². The number of hydrogen-bond acceptors (Lipinski definition) is 8. The minimum absolute atomic E-state index is 0.0141. The number of rotatable bonds is 5. The SMILES string of the molecule is C[C@@H]1CCC[C@H](n2cnc(-c3c(-n4cc(Cl)nn4)ccc(Cl)c3F)cc2=O)c2cc(ccn2)-c2c(cnn2CC(=O)O)NC1=O. The summed E-state index contributed by atoms with van der Waals surface area (Å²) < 4.78 is 19.4. The van der Waals surface area contributed by atoms with Gasteiger partial charge in [-0.2, -0.15) is 5.10 Å². The molecule has 0 fully saturated rings. The Balaban J connectivity index is 1.46. The third-order valence-electron chi connectivity index (χ3n) is 7.55. The summed E-state index contributed by atoms with van der Waals surface area (Å²) in [6.45, 7) is 1.35. The van der Waals surface area contributed by atoms with Crippen molar-refractivity contribution in [2.45, 2.75) is 38.8 Å². The number of aromatic nitrogens is 8. The lowest BCUT2D eigenvalue weighted by Crippen LogP contribution is -2.27. The number of amides is 1. The number of nitrogens with zero attached hydrogens (tertiary/aromatic N) is 8. The number of carboxylic acids is 1. The van der Waals surface area contributed by atoms with Crippen molar-refractivity contribution in [2.24, 2.45) is 5.92 Å². The van der Waals surface area contributed by atoms with Crippen LogP contribution in [-0.4, -0.2) is 56.3 Å². The number of hydrogen-bond donors (Lipinski definition) is 2. The van der Waals surface area contributed by atoms with Gasteiger partial charge in [0.25, 0.3) is 5.56 Å². The molecule has 0 radical (unpaired) electrons. The van der Waals surface area contributed by atoms with E-state index >= 15 is 4.39 Å². The van der Waals surface area contributed by atoms with Gasteiger partial charge in [0.2, 0.25) is 5.91 Å². The molecule has 45 heavy (non-hydrogen) atoms. The summed E-state index contributed by atoms with van der Waals surface area (Å²) in [6, 6.07) is 6.85. The van der Waals surface area contributed by atoms with Crippen LogP contribution in [0.15, 0.2) is 60.0 Å². The van der Waals surface area contributed by atoms with Crippen LogP contribution in [-0.2, 0) is 16.1 Å². The van der Waals surface area contributed by atoms with Crippen molar-refractivity contribution < 1.29 is 19.1 Å². The van der Waals surface area contributed by atoms with E-state index in [1.807, 2.05) is 0 Å². The first-order chi connectivity index (χ1) is 21.6. The molecule has 0 unspecified atom stereocenters. The van der Waals surface area contributed by atoms with Gasteiger partial charge in [0.05, 0.1) is 63.8 Å². The first kappa shape index (κ1) is 30.1. The molecule has 2 bridgehead atoms. The van der Waals surface area contributed by atoms with Gasteiger partial charge in [-0.25, -0.2) is 14.1 Å². The Morgan fingerprint density at radius 1 is 1.16 bits per heavy atom. The Bertz CT molecular complexity index is 2010. The van der Waals surface area contributed by atoms with Gasteiger partial charge in [-0.3, -0.25) is 28.6 Å². The predicted molar refractivity (Wildman–Crippen MR) is 162 cm³/mol. The summed E-state index contributed by atoms with van der Waals surface area (Å²) in [4.78, 5) is 47.3. The van der Waals surface area contributed by atoms with Crippen LogP contribution >= 0.6 is 23.2 Å². The van der Waals surface area contributed by atoms with Crippen molar-refractivity contribution in [1.82, 2.24) is 39.3 Å². The Hall–Kier alpha value is -4.95. The number of carbonyl (C=O) groups excluding carboxylic acids is 1. The average molecular weight is 652 g/mol. The van der Waals surface area contributed by atoms with E-state index < -0.39 is 35.9 Å². The van der Waals surface area contributed by atoms with E-state index in [4.69, 9.17) is 23.2 Å². The van der Waals surface area contributed by atoms with Crippen molar-refractivity contribution in [2.75, 3.05) is 5.32 Å². The molecule has 1 aliphatic heterocycles. The summed E-state index contributed by atoms with van der Waals surface area (Å²) in [5.74, 6) is -2.54. The van der Waals surface area contributed by atoms with Crippen molar-refractivity contribution in [3.63, 3.8) is 0 Å². The highest BCUT2D eigenvalue weighted by molar-refractivity contribution is 6.31. The second-order valence-corrected chi connectivity index (χ2v) is 11.3. The van der Waals surface area contributed by atoms with Crippen LogP contribution < -0.4 is 10.9 Å². The zero-order valence-corrected chi connectivity index (χ0v) is 25.1. The molecule has 16 heteroatoms. The second-order valence-electron chi connectivity index (χ2n) is 10.5. The van der Waals surface area contributed by atoms with Gasteiger partial charge in [-0.1, -0.05) is 41.8 Å². The molecule has 13 nitrogen and oxygen atoms in total. The van der Waals surface area contributed by atoms with Crippen molar-refractivity contribution in [3.05, 3.63) is 87.3 Å². The van der Waals surface area contributed by atoms with Gasteiger partial charge in [0.1, 0.15) is 6.54 Å². The summed E-state index contributed by atoms with van der Waals surface area (Å²) in [7, 11) is 0. The Labute approximate surface area is 264 Å². The minimum Gasteiger partial charge on any atom is -0.480 e. The van der Waals surface area contributed by atoms with Crippen LogP contribution in [0.25, 0.3) is 28.2 Å². The Morgan fingerprint density at radius 2 is 1.98 bits per heavy atom. The molecule has 1 aliphatic rings. The smallest absolute Gasteiger partial charge is 0.325 e. The number of fused-ring (bicyclic) bond motifs is 4. The van der Waals surface area contributed by atoms with E-state index in [-0.39, 0.29) is 33.0 Å². The number of halogens is 3. The third-order valence-corrected chi connectivity index (χ3v) is 8.02. The number of carboxylic acid groups (broad SMARTS) is 1. The van der Waals surface area contributed by atoms with Crippen LogP contribution in [0.1, 0.15) is 37.9 Å². The molecular weight excluding hydrogens is 628 g/mol. The van der Waals surface area contributed by atoms with E-state index in [1.165, 1.54) is 50.9 Å². The first-order valence-electron chi connectivity index (χ1n) is 13.8. The molecule has 0 spiro atoms. The van der Waals surface area contributed by atoms with Crippen LogP contribution in [0, 0.1) is 11.7 Å². The zero-order valence-electron chi connectivity index (χ0n) is 23.6. The highest BCUT2D eigenvalue weighted by Gasteiger charge is 2.26. The maximum atomic E-state index is 15.4. The van der Waals surface area contributed by atoms with Gasteiger partial charge >= 0.3 is 5.97 Å². The molecule has 1 amide bonds. The Kier molecular flexibility index (Phi) is 8.16. The molecule has 2 atom stereocenters. The van der Waals surface area contributed by atoms with Crippen LogP contribution in [0.5, 0.6) is 0 Å². The topological polar surface area (TPSA) is 163 Å². The number of anilines is 1. The fourth-order valence-electron chi connectivity index (χ4n) is 5.36. The number of pyridine rings is 1. The summed E-state index contributed by atoms with van der Waals surface area (Å²) >= 11 is 12.0. The third kappa shape index (κ3) is 5.93. The highest BCUT2D eigenvalue weighted by Crippen LogP contribution is 2.34. The van der Waals surface area contributed by atoms with E-state index in [0.29, 0.717) is 41.9 Å². The van der Waals surface area contributed by atoms with Gasteiger partial charge in [0, 0.05) is 23.7 Å². The molecule has 230 valence electrons. The highest BCUT2D eigenvalue weighted by atomic mass is 35.5. The molecule has 4 aromatic heterocycles. The standard InChI is InChI=1S/C29H24Cl2FN9O4/c1-15-3-2-4-21(18-9-16(7-8-33-18)28-20(36-29(15)45)11-35-41(28)13-25(43)44)39-14-34-19(10-24(39)42)26-22(6-5-17(30)27(26)32)40-12-23(31)37-38-40/h5-12,14-15,21H,2-4,13H2,1H3,(H,36,45)(H,43,44)/t15-,21+/m1/s1. The second kappa shape index (κ2) is 12.2. The molecule has 0 saturated heterocycles. The molecule has 0 saturated carbocycles. The maximum absolute atomic E-state index is 15.4. The molecule has 1 aromatic carbocycles. The summed E-state index contributed by atoms with van der Waals surface area (Å²) in [5.41, 5.74) is 1.48. The zero-order chi connectivity index (χ0) is 31.8. The molecule has 0 aliphatic carbocycles. The normalized spacial score (nSPS) is 16.8. The van der Waals surface area contributed by atoms with Gasteiger partial charge < -0.3 is 10.4 Å². The molecular formula is C29H24Cl2FN9O4. The number of benzene rings is 1. The monoisotopic (exact) mass is 651 g/mol. The molecule has 6 rings (SSSR count). The average Bonchev–Trinajstić information content (AvgIpc) is 3.61. The van der Waals surface area contributed by atoms with E-state index in [9.17, 15) is 19.5 Å². The lowest BCUT2D eigenvalue weighted by molar-refractivity contribution is -0.137. The van der Waals surface area contributed by atoms with Crippen molar-refractivity contribution >= 4 is 40.8 Å². The van der Waals surface area contributed by atoms with Crippen LogP contribution in [0.4, 0.5) is 10.1 Å². The lowest BCUT2D eigenvalue weighted by Gasteiger charge is -2.22. The largest absolute Gasteiger partial charge is 0.480 e. The summed E-state index contributed by atoms with van der Waals surface area (Å²) in [6.07, 6.45) is 7.13. The summed E-state index contributed by atoms with van der Waals surface area (Å²) in [5, 5.41) is 24.1. The van der Waals surface area contributed by atoms with Crippen molar-refractivity contribution in [1.29, 1.82) is 0 Å². The fourth-order valence-corrected chi connectivity index (χ4v) is 5.64. The van der Waals surface area contributed by atoms with Crippen LogP contribution in [0.3, 0.4) is 0 Å². The quantitative estimate of drug-likeness (QED) is 0.276. The van der Waals surface area contributed by atoms with Gasteiger partial charge in [0.15, 0.2) is 11.0 Å². The van der Waals surface area contributed by atoms with Crippen LogP contribution in [0.2, 0.25) is 10.2 Å². The van der Waals surface area contributed by atoms with E-state index in [1.54, 1.807) is 25.3 Å². The number of carbonyl (C=O) groups is 2. The molecule has 5 heterocycles. The number of nitrogens with one attached hydrogen (secondary N) is 1. The Morgan fingerprint density at radius 3 is 2.71 bits per heavy atom. The number of aliphatic carboxylic acids is 1. The fraction of sp³-hybridized carbons (Fsp3) is 0.241. The predicted octanol–water partition coefficient (Wildman–Crippen LogP) is 4.63. The maximum Gasteiger partial charge on any atom is 0.325 e. The first-order valence-corrected chi connectivity index (χ1v) is 14.6. The molecule has 2 N–H and O–H groups in total. The van der Waals surface area contributed by atoms with Gasteiger partial charge in [-0.05, 0) is 37.1 Å². The minimum atomic E-state index is -1.11. The van der Waals surface area contributed by atoms with Crippen molar-refractivity contribution in [3.8, 4) is 28.2 Å². The molecule has 5 aromatic rings. The van der Waals surface area contributed by atoms with Gasteiger partial charge in [-0.15, -0.1) is 5.10 Å². The lowest BCUT2D eigenvalue weighted by atomic mass is 9.97.